The highest BCUT2D eigenvalue weighted by Gasteiger charge is 2.20. The van der Waals surface area contributed by atoms with E-state index in [0.717, 1.165) is 18.2 Å². The number of rotatable bonds is 4. The Labute approximate surface area is 116 Å². The van der Waals surface area contributed by atoms with Crippen molar-refractivity contribution in [2.75, 3.05) is 11.4 Å². The van der Waals surface area contributed by atoms with Crippen molar-refractivity contribution in [3.05, 3.63) is 78.4 Å². The third-order valence-electron chi connectivity index (χ3n) is 2.78. The van der Waals surface area contributed by atoms with Crippen LogP contribution in [0.4, 0.5) is 14.5 Å². The molecule has 0 spiro atoms. The molecule has 0 N–H and O–H groups in total. The molecule has 0 bridgehead atoms. The Morgan fingerprint density at radius 3 is 2.50 bits per heavy atom. The van der Waals surface area contributed by atoms with Gasteiger partial charge < -0.3 is 4.90 Å². The maximum atomic E-state index is 13.7. The standard InChI is InChI=1S/C16H13F2NO/c1-2-10-19(13-6-4-3-5-7-13)16(20)14-11-12(17)8-9-15(14)18/h2-9,11H,1,10H2. The van der Waals surface area contributed by atoms with Crippen LogP contribution in [0.3, 0.4) is 0 Å². The van der Waals surface area contributed by atoms with E-state index in [1.54, 1.807) is 24.3 Å². The number of halogens is 2. The van der Waals surface area contributed by atoms with E-state index in [1.165, 1.54) is 11.0 Å². The van der Waals surface area contributed by atoms with Crippen LogP contribution in [0.25, 0.3) is 0 Å². The number of nitrogens with zero attached hydrogens (tertiary/aromatic N) is 1. The average Bonchev–Trinajstić information content (AvgIpc) is 2.47. The fraction of sp³-hybridized carbons (Fsp3) is 0.0625. The van der Waals surface area contributed by atoms with E-state index in [1.807, 2.05) is 6.07 Å². The monoisotopic (exact) mass is 273 g/mol. The number of amides is 1. The average molecular weight is 273 g/mol. The van der Waals surface area contributed by atoms with Gasteiger partial charge in [0, 0.05) is 12.2 Å². The molecule has 0 aromatic heterocycles. The normalized spacial score (nSPS) is 10.1. The number of carbonyl (C=O) groups is 1. The lowest BCUT2D eigenvalue weighted by Crippen LogP contribution is -2.31. The summed E-state index contributed by atoms with van der Waals surface area (Å²) in [4.78, 5) is 13.7. The maximum absolute atomic E-state index is 13.7. The van der Waals surface area contributed by atoms with Crippen LogP contribution in [0.2, 0.25) is 0 Å². The van der Waals surface area contributed by atoms with Gasteiger partial charge in [-0.05, 0) is 30.3 Å². The molecule has 0 radical (unpaired) electrons. The van der Waals surface area contributed by atoms with Gasteiger partial charge in [0.1, 0.15) is 11.6 Å². The van der Waals surface area contributed by atoms with Gasteiger partial charge in [-0.15, -0.1) is 6.58 Å². The lowest BCUT2D eigenvalue weighted by molar-refractivity contribution is 0.0985. The molecule has 0 saturated carbocycles. The van der Waals surface area contributed by atoms with E-state index in [9.17, 15) is 13.6 Å². The first-order valence-corrected chi connectivity index (χ1v) is 6.06. The van der Waals surface area contributed by atoms with E-state index in [4.69, 9.17) is 0 Å². The van der Waals surface area contributed by atoms with Crippen LogP contribution in [-0.2, 0) is 0 Å². The molecule has 4 heteroatoms. The molecule has 0 atom stereocenters. The number of para-hydroxylation sites is 1. The largest absolute Gasteiger partial charge is 0.304 e. The molecule has 2 nitrogen and oxygen atoms in total. The van der Waals surface area contributed by atoms with Crippen molar-refractivity contribution in [3.8, 4) is 0 Å². The first-order valence-electron chi connectivity index (χ1n) is 6.06. The minimum absolute atomic E-state index is 0.207. The van der Waals surface area contributed by atoms with Gasteiger partial charge in [0.25, 0.3) is 5.91 Å². The van der Waals surface area contributed by atoms with E-state index >= 15 is 0 Å². The lowest BCUT2D eigenvalue weighted by atomic mass is 10.1. The van der Waals surface area contributed by atoms with Gasteiger partial charge in [-0.1, -0.05) is 24.3 Å². The van der Waals surface area contributed by atoms with Gasteiger partial charge in [-0.3, -0.25) is 4.79 Å². The second-order valence-electron chi connectivity index (χ2n) is 4.16. The molecule has 0 aliphatic carbocycles. The predicted molar refractivity (Wildman–Crippen MR) is 74.7 cm³/mol. The first kappa shape index (κ1) is 13.9. The van der Waals surface area contributed by atoms with Gasteiger partial charge in [0.2, 0.25) is 0 Å². The van der Waals surface area contributed by atoms with Crippen molar-refractivity contribution < 1.29 is 13.6 Å². The molecule has 20 heavy (non-hydrogen) atoms. The molecule has 2 aromatic rings. The Hall–Kier alpha value is -2.49. The molecule has 0 fully saturated rings. The summed E-state index contributed by atoms with van der Waals surface area (Å²) in [5.74, 6) is -2.00. The van der Waals surface area contributed by atoms with E-state index in [-0.39, 0.29) is 12.1 Å². The molecule has 0 heterocycles. The van der Waals surface area contributed by atoms with Crippen molar-refractivity contribution in [1.29, 1.82) is 0 Å². The number of hydrogen-bond donors (Lipinski definition) is 0. The van der Waals surface area contributed by atoms with Crippen LogP contribution in [0.15, 0.2) is 61.2 Å². The number of anilines is 1. The second-order valence-corrected chi connectivity index (χ2v) is 4.16. The Morgan fingerprint density at radius 1 is 1.15 bits per heavy atom. The third kappa shape index (κ3) is 2.91. The zero-order chi connectivity index (χ0) is 14.5. The molecular weight excluding hydrogens is 260 g/mol. The number of carbonyl (C=O) groups excluding carboxylic acids is 1. The highest BCUT2D eigenvalue weighted by Crippen LogP contribution is 2.19. The minimum atomic E-state index is -0.749. The molecule has 0 unspecified atom stereocenters. The van der Waals surface area contributed by atoms with Crippen LogP contribution < -0.4 is 4.90 Å². The second kappa shape index (κ2) is 6.10. The molecular formula is C16H13F2NO. The quantitative estimate of drug-likeness (QED) is 0.776. The van der Waals surface area contributed by atoms with Crippen molar-refractivity contribution >= 4 is 11.6 Å². The van der Waals surface area contributed by atoms with Gasteiger partial charge in [-0.25, -0.2) is 8.78 Å². The fourth-order valence-corrected chi connectivity index (χ4v) is 1.85. The summed E-state index contributed by atoms with van der Waals surface area (Å²) in [7, 11) is 0. The highest BCUT2D eigenvalue weighted by molar-refractivity contribution is 6.06. The third-order valence-corrected chi connectivity index (χ3v) is 2.78. The Balaban J connectivity index is 2.41. The zero-order valence-electron chi connectivity index (χ0n) is 10.7. The predicted octanol–water partition coefficient (Wildman–Crippen LogP) is 3.80. The van der Waals surface area contributed by atoms with Gasteiger partial charge in [0.05, 0.1) is 5.56 Å². The number of benzene rings is 2. The summed E-state index contributed by atoms with van der Waals surface area (Å²) in [5, 5.41) is 0. The molecule has 102 valence electrons. The molecule has 1 amide bonds. The van der Waals surface area contributed by atoms with Crippen LogP contribution in [-0.4, -0.2) is 12.5 Å². The van der Waals surface area contributed by atoms with E-state index in [0.29, 0.717) is 5.69 Å². The molecule has 0 saturated heterocycles. The molecule has 2 rings (SSSR count). The van der Waals surface area contributed by atoms with Crippen LogP contribution in [0.5, 0.6) is 0 Å². The Kier molecular flexibility index (Phi) is 4.25. The fourth-order valence-electron chi connectivity index (χ4n) is 1.85. The van der Waals surface area contributed by atoms with Crippen molar-refractivity contribution in [2.45, 2.75) is 0 Å². The first-order chi connectivity index (χ1) is 9.63. The molecule has 0 aliphatic rings. The van der Waals surface area contributed by atoms with E-state index in [2.05, 4.69) is 6.58 Å². The van der Waals surface area contributed by atoms with Gasteiger partial charge in [0.15, 0.2) is 0 Å². The maximum Gasteiger partial charge on any atom is 0.261 e. The van der Waals surface area contributed by atoms with Crippen LogP contribution in [0.1, 0.15) is 10.4 Å². The summed E-state index contributed by atoms with van der Waals surface area (Å²) < 4.78 is 26.9. The van der Waals surface area contributed by atoms with Crippen molar-refractivity contribution in [3.63, 3.8) is 0 Å². The topological polar surface area (TPSA) is 20.3 Å². The zero-order valence-corrected chi connectivity index (χ0v) is 10.7. The van der Waals surface area contributed by atoms with E-state index < -0.39 is 17.5 Å². The lowest BCUT2D eigenvalue weighted by Gasteiger charge is -2.21. The number of hydrogen-bond acceptors (Lipinski definition) is 1. The van der Waals surface area contributed by atoms with Crippen LogP contribution >= 0.6 is 0 Å². The Morgan fingerprint density at radius 2 is 1.85 bits per heavy atom. The van der Waals surface area contributed by atoms with Crippen molar-refractivity contribution in [1.82, 2.24) is 0 Å². The molecule has 2 aromatic carbocycles. The van der Waals surface area contributed by atoms with Crippen LogP contribution in [0, 0.1) is 11.6 Å². The summed E-state index contributed by atoms with van der Waals surface area (Å²) >= 11 is 0. The smallest absolute Gasteiger partial charge is 0.261 e. The summed E-state index contributed by atoms with van der Waals surface area (Å²) in [6, 6.07) is 11.6. The Bertz CT molecular complexity index is 626. The van der Waals surface area contributed by atoms with Crippen molar-refractivity contribution in [2.24, 2.45) is 0 Å². The van der Waals surface area contributed by atoms with Gasteiger partial charge in [-0.2, -0.15) is 0 Å². The minimum Gasteiger partial charge on any atom is -0.304 e. The van der Waals surface area contributed by atoms with Gasteiger partial charge >= 0.3 is 0 Å². The molecule has 0 aliphatic heterocycles. The SMILES string of the molecule is C=CCN(C(=O)c1cc(F)ccc1F)c1ccccc1. The highest BCUT2D eigenvalue weighted by atomic mass is 19.1. The summed E-state index contributed by atoms with van der Waals surface area (Å²) in [5.41, 5.74) is 0.303. The summed E-state index contributed by atoms with van der Waals surface area (Å²) in [6.45, 7) is 3.79. The summed E-state index contributed by atoms with van der Waals surface area (Å²) in [6.07, 6.45) is 1.53.